The smallest absolute Gasteiger partial charge is 0.241 e. The lowest BCUT2D eigenvalue weighted by Gasteiger charge is -2.41. The summed E-state index contributed by atoms with van der Waals surface area (Å²) in [6.07, 6.45) is 2.52. The van der Waals surface area contributed by atoms with E-state index in [0.717, 1.165) is 33.4 Å². The quantitative estimate of drug-likeness (QED) is 0.0916. The van der Waals surface area contributed by atoms with Crippen LogP contribution in [0.25, 0.3) is 0 Å². The number of hydrogen-bond acceptors (Lipinski definition) is 9. The number of aromatic nitrogens is 2. The van der Waals surface area contributed by atoms with Crippen LogP contribution in [0.1, 0.15) is 52.7 Å². The molecule has 1 aliphatic rings. The van der Waals surface area contributed by atoms with Crippen LogP contribution in [0.3, 0.4) is 0 Å². The number of hydrogen-bond donors (Lipinski definition) is 3. The van der Waals surface area contributed by atoms with E-state index in [1.54, 1.807) is 30.6 Å². The largest absolute Gasteiger partial charge is 0.392 e. The van der Waals surface area contributed by atoms with Crippen LogP contribution < -0.4 is 10.0 Å². The molecule has 0 bridgehead atoms. The Morgan fingerprint density at radius 2 is 1.48 bits per heavy atom. The van der Waals surface area contributed by atoms with Crippen molar-refractivity contribution < 1.29 is 27.8 Å². The third kappa shape index (κ3) is 9.71. The molecule has 52 heavy (non-hydrogen) atoms. The number of aliphatic hydroxyl groups excluding tert-OH is 1. The van der Waals surface area contributed by atoms with Gasteiger partial charge in [-0.1, -0.05) is 115 Å². The fourth-order valence-corrected chi connectivity index (χ4v) is 8.10. The summed E-state index contributed by atoms with van der Waals surface area (Å²) < 4.78 is 42.3. The van der Waals surface area contributed by atoms with Crippen molar-refractivity contribution in [1.82, 2.24) is 20.0 Å². The van der Waals surface area contributed by atoms with E-state index >= 15 is 0 Å². The van der Waals surface area contributed by atoms with Gasteiger partial charge in [-0.3, -0.25) is 4.79 Å². The highest BCUT2D eigenvalue weighted by molar-refractivity contribution is 7.99. The van der Waals surface area contributed by atoms with E-state index in [1.165, 1.54) is 23.9 Å². The van der Waals surface area contributed by atoms with Crippen LogP contribution in [0, 0.1) is 12.8 Å². The molecule has 1 fully saturated rings. The molecular formula is C40H42N4O6S2. The maximum absolute atomic E-state index is 13.5. The van der Waals surface area contributed by atoms with Gasteiger partial charge in [0.25, 0.3) is 0 Å². The van der Waals surface area contributed by atoms with Gasteiger partial charge in [0.15, 0.2) is 11.4 Å². The summed E-state index contributed by atoms with van der Waals surface area (Å²) in [7, 11) is -3.96. The van der Waals surface area contributed by atoms with E-state index in [1.807, 2.05) is 85.8 Å². The molecular weight excluding hydrogens is 697 g/mol. The molecule has 2 heterocycles. The number of ether oxygens (including phenoxy) is 2. The average molecular weight is 739 g/mol. The first-order valence-electron chi connectivity index (χ1n) is 17.1. The predicted molar refractivity (Wildman–Crippen MR) is 199 cm³/mol. The second-order valence-corrected chi connectivity index (χ2v) is 15.5. The van der Waals surface area contributed by atoms with E-state index in [-0.39, 0.29) is 42.6 Å². The molecule has 3 N–H and O–H groups in total. The second kappa shape index (κ2) is 17.4. The van der Waals surface area contributed by atoms with Crippen molar-refractivity contribution in [2.45, 2.75) is 68.0 Å². The molecule has 1 aliphatic heterocycles. The summed E-state index contributed by atoms with van der Waals surface area (Å²) >= 11 is 1.53. The number of aryl methyl sites for hydroxylation is 1. The summed E-state index contributed by atoms with van der Waals surface area (Å²) in [5, 5.41) is 13.2. The molecule has 12 heteroatoms. The van der Waals surface area contributed by atoms with Gasteiger partial charge in [0.2, 0.25) is 15.9 Å². The number of sulfonamides is 1. The van der Waals surface area contributed by atoms with Crippen molar-refractivity contribution in [1.29, 1.82) is 0 Å². The lowest BCUT2D eigenvalue weighted by molar-refractivity contribution is -0.268. The SMILES string of the molecule is Cc1ccc(S(=O)(=O)N[C@H](Cc2ccccc2)C(=O)NCc2ccc([C@H]3O[C@@H](CSc4ncccn4)[C@@H](C)[C@@H](c4ccc(CO)cc4)O3)cc2)cc1. The number of nitrogens with one attached hydrogen (secondary N) is 2. The number of thioether (sulfide) groups is 1. The van der Waals surface area contributed by atoms with Crippen LogP contribution in [-0.4, -0.2) is 47.3 Å². The van der Waals surface area contributed by atoms with Crippen LogP contribution in [0.5, 0.6) is 0 Å². The lowest BCUT2D eigenvalue weighted by Crippen LogP contribution is -2.47. The first kappa shape index (κ1) is 37.3. The van der Waals surface area contributed by atoms with Crippen molar-refractivity contribution in [3.8, 4) is 0 Å². The Morgan fingerprint density at radius 1 is 0.827 bits per heavy atom. The second-order valence-electron chi connectivity index (χ2n) is 12.8. The molecule has 1 aromatic heterocycles. The zero-order valence-electron chi connectivity index (χ0n) is 29.0. The Hall–Kier alpha value is -4.43. The molecule has 0 spiro atoms. The summed E-state index contributed by atoms with van der Waals surface area (Å²) in [5.41, 5.74) is 5.22. The van der Waals surface area contributed by atoms with Gasteiger partial charge in [0.05, 0.1) is 23.7 Å². The highest BCUT2D eigenvalue weighted by Crippen LogP contribution is 2.42. The van der Waals surface area contributed by atoms with Gasteiger partial charge in [-0.2, -0.15) is 4.72 Å². The number of benzene rings is 4. The lowest BCUT2D eigenvalue weighted by atomic mass is 9.91. The number of carbonyl (C=O) groups is 1. The molecule has 10 nitrogen and oxygen atoms in total. The normalized spacial score (nSPS) is 19.5. The summed E-state index contributed by atoms with van der Waals surface area (Å²) in [4.78, 5) is 22.3. The number of rotatable bonds is 14. The number of carbonyl (C=O) groups excluding carboxylic acids is 1. The van der Waals surface area contributed by atoms with Gasteiger partial charge in [-0.15, -0.1) is 0 Å². The fourth-order valence-electron chi connectivity index (χ4n) is 5.94. The van der Waals surface area contributed by atoms with Crippen molar-refractivity contribution in [3.63, 3.8) is 0 Å². The predicted octanol–water partition coefficient (Wildman–Crippen LogP) is 6.07. The van der Waals surface area contributed by atoms with Gasteiger partial charge in [0, 0.05) is 36.2 Å². The van der Waals surface area contributed by atoms with Crippen LogP contribution in [0.15, 0.2) is 132 Å². The molecule has 270 valence electrons. The van der Waals surface area contributed by atoms with Gasteiger partial charge >= 0.3 is 0 Å². The minimum Gasteiger partial charge on any atom is -0.392 e. The zero-order valence-corrected chi connectivity index (χ0v) is 30.6. The van der Waals surface area contributed by atoms with Gasteiger partial charge in [-0.05, 0) is 53.8 Å². The molecule has 0 saturated carbocycles. The zero-order chi connectivity index (χ0) is 36.5. The molecule has 5 aromatic rings. The van der Waals surface area contributed by atoms with Gasteiger partial charge < -0.3 is 19.9 Å². The van der Waals surface area contributed by atoms with Crippen molar-refractivity contribution >= 4 is 27.7 Å². The van der Waals surface area contributed by atoms with E-state index in [0.29, 0.717) is 10.9 Å². The Kier molecular flexibility index (Phi) is 12.5. The van der Waals surface area contributed by atoms with Crippen LogP contribution in [-0.2, 0) is 43.9 Å². The third-order valence-electron chi connectivity index (χ3n) is 8.99. The summed E-state index contributed by atoms with van der Waals surface area (Å²) in [6.45, 7) is 4.14. The topological polar surface area (TPSA) is 140 Å². The van der Waals surface area contributed by atoms with E-state index in [9.17, 15) is 18.3 Å². The Balaban J connectivity index is 1.15. The maximum atomic E-state index is 13.5. The molecule has 4 aromatic carbocycles. The number of aliphatic hydroxyl groups is 1. The van der Waals surface area contributed by atoms with Crippen molar-refractivity contribution in [3.05, 3.63) is 155 Å². The van der Waals surface area contributed by atoms with Crippen molar-refractivity contribution in [2.24, 2.45) is 5.92 Å². The molecule has 5 atom stereocenters. The Labute approximate surface area is 309 Å². The fraction of sp³-hybridized carbons (Fsp3) is 0.275. The van der Waals surface area contributed by atoms with E-state index in [2.05, 4.69) is 26.9 Å². The molecule has 0 unspecified atom stereocenters. The van der Waals surface area contributed by atoms with Crippen LogP contribution in [0.2, 0.25) is 0 Å². The van der Waals surface area contributed by atoms with E-state index in [4.69, 9.17) is 9.47 Å². The highest BCUT2D eigenvalue weighted by Gasteiger charge is 2.38. The standard InChI is InChI=1S/C40H42N4O6S2/c1-27-9-19-34(20-10-27)52(47,48)44-35(23-29-7-4-3-5-8-29)38(46)43-24-30-11-17-33(18-12-30)39-49-36(26-51-40-41-21-6-22-42-40)28(2)37(50-39)32-15-13-31(25-45)14-16-32/h3-22,28,35-37,39,44-45H,23-26H2,1-2H3,(H,43,46)/t28-,35-,36+,37+,39+/m1/s1. The number of amides is 1. The Bertz CT molecular complexity index is 2000. The Morgan fingerprint density at radius 3 is 2.15 bits per heavy atom. The van der Waals surface area contributed by atoms with Crippen molar-refractivity contribution in [2.75, 3.05) is 5.75 Å². The first-order chi connectivity index (χ1) is 25.2. The van der Waals surface area contributed by atoms with Gasteiger partial charge in [-0.25, -0.2) is 18.4 Å². The minimum absolute atomic E-state index is 0.00851. The average Bonchev–Trinajstić information content (AvgIpc) is 3.17. The first-order valence-corrected chi connectivity index (χ1v) is 19.6. The summed E-state index contributed by atoms with van der Waals surface area (Å²) in [5.74, 6) is 0.196. The van der Waals surface area contributed by atoms with Gasteiger partial charge in [0.1, 0.15) is 6.04 Å². The van der Waals surface area contributed by atoms with Crippen LogP contribution in [0.4, 0.5) is 0 Å². The molecule has 0 aliphatic carbocycles. The van der Waals surface area contributed by atoms with Crippen LogP contribution >= 0.6 is 11.8 Å². The van der Waals surface area contributed by atoms with E-state index < -0.39 is 28.3 Å². The summed E-state index contributed by atoms with van der Waals surface area (Å²) in [6, 6.07) is 32.0. The number of nitrogens with zero attached hydrogens (tertiary/aromatic N) is 2. The highest BCUT2D eigenvalue weighted by atomic mass is 32.2. The molecule has 0 radical (unpaired) electrons. The molecule has 1 amide bonds. The maximum Gasteiger partial charge on any atom is 0.241 e. The molecule has 1 saturated heterocycles. The minimum atomic E-state index is -3.96. The monoisotopic (exact) mass is 738 g/mol. The third-order valence-corrected chi connectivity index (χ3v) is 11.4. The molecule has 6 rings (SSSR count).